The highest BCUT2D eigenvalue weighted by atomic mass is 35.5. The van der Waals surface area contributed by atoms with Gasteiger partial charge in [-0.05, 0) is 50.2 Å². The number of hydrogen-bond donors (Lipinski definition) is 0. The molecule has 0 atom stereocenters. The molecule has 0 aromatic heterocycles. The molecule has 0 unspecified atom stereocenters. The molecule has 0 bridgehead atoms. The van der Waals surface area contributed by atoms with Gasteiger partial charge >= 0.3 is 0 Å². The van der Waals surface area contributed by atoms with Gasteiger partial charge in [-0.3, -0.25) is 4.79 Å². The van der Waals surface area contributed by atoms with Crippen molar-refractivity contribution < 1.29 is 13.2 Å². The number of carbonyl (C=O) groups excluding carboxylic acids is 1. The van der Waals surface area contributed by atoms with Crippen LogP contribution >= 0.6 is 34.8 Å². The van der Waals surface area contributed by atoms with Crippen molar-refractivity contribution in [2.45, 2.75) is 25.3 Å². The van der Waals surface area contributed by atoms with Crippen LogP contribution in [0.1, 0.15) is 19.4 Å². The zero-order valence-electron chi connectivity index (χ0n) is 15.5. The van der Waals surface area contributed by atoms with Crippen molar-refractivity contribution in [1.82, 2.24) is 9.21 Å². The second kappa shape index (κ2) is 9.94. The first-order valence-electron chi connectivity index (χ1n) is 8.67. The summed E-state index contributed by atoms with van der Waals surface area (Å²) in [6.45, 7) is 4.19. The van der Waals surface area contributed by atoms with E-state index in [1.165, 1.54) is 24.3 Å². The smallest absolute Gasteiger partial charge is 0.243 e. The molecule has 9 heteroatoms. The molecule has 0 fully saturated rings. The number of benzene rings is 2. The van der Waals surface area contributed by atoms with Gasteiger partial charge in [-0.2, -0.15) is 4.31 Å². The largest absolute Gasteiger partial charge is 0.342 e. The average molecular weight is 464 g/mol. The first kappa shape index (κ1) is 23.0. The average Bonchev–Trinajstić information content (AvgIpc) is 2.65. The van der Waals surface area contributed by atoms with Gasteiger partial charge in [0.15, 0.2) is 0 Å². The Morgan fingerprint density at radius 3 is 1.96 bits per heavy atom. The Labute approximate surface area is 180 Å². The monoisotopic (exact) mass is 462 g/mol. The number of sulfonamides is 1. The summed E-state index contributed by atoms with van der Waals surface area (Å²) >= 11 is 18.3. The van der Waals surface area contributed by atoms with Gasteiger partial charge in [-0.1, -0.05) is 40.9 Å². The Kier molecular flexibility index (Phi) is 8.16. The van der Waals surface area contributed by atoms with Gasteiger partial charge in [0.1, 0.15) is 0 Å². The fraction of sp³-hybridized carbons (Fsp3) is 0.316. The molecule has 0 heterocycles. The first-order chi connectivity index (χ1) is 13.2. The molecule has 0 saturated heterocycles. The number of likely N-dealkylation sites (N-methyl/N-ethyl adjacent to an activating group) is 1. The summed E-state index contributed by atoms with van der Waals surface area (Å²) < 4.78 is 27.5. The van der Waals surface area contributed by atoms with Crippen molar-refractivity contribution in [1.29, 1.82) is 0 Å². The zero-order chi connectivity index (χ0) is 20.9. The van der Waals surface area contributed by atoms with Gasteiger partial charge in [-0.25, -0.2) is 8.42 Å². The van der Waals surface area contributed by atoms with Gasteiger partial charge in [0.2, 0.25) is 15.9 Å². The third kappa shape index (κ3) is 5.39. The number of amides is 1. The van der Waals surface area contributed by atoms with Crippen molar-refractivity contribution in [3.63, 3.8) is 0 Å². The van der Waals surface area contributed by atoms with Gasteiger partial charge in [0, 0.05) is 40.3 Å². The van der Waals surface area contributed by atoms with E-state index in [1.807, 2.05) is 13.8 Å². The third-order valence-corrected chi connectivity index (χ3v) is 7.04. The molecule has 5 nitrogen and oxygen atoms in total. The van der Waals surface area contributed by atoms with Crippen LogP contribution in [0.2, 0.25) is 15.1 Å². The van der Waals surface area contributed by atoms with Crippen LogP contribution < -0.4 is 0 Å². The van der Waals surface area contributed by atoms with Gasteiger partial charge < -0.3 is 4.90 Å². The van der Waals surface area contributed by atoms with Crippen LogP contribution in [0.5, 0.6) is 0 Å². The van der Waals surface area contributed by atoms with Crippen LogP contribution in [0, 0.1) is 0 Å². The van der Waals surface area contributed by atoms with E-state index in [2.05, 4.69) is 0 Å². The van der Waals surface area contributed by atoms with Gasteiger partial charge in [-0.15, -0.1) is 0 Å². The molecule has 0 aliphatic carbocycles. The number of nitrogens with zero attached hydrogens (tertiary/aromatic N) is 2. The van der Waals surface area contributed by atoms with Crippen molar-refractivity contribution in [3.05, 3.63) is 63.1 Å². The molecule has 2 aromatic rings. The number of hydrogen-bond acceptors (Lipinski definition) is 3. The lowest BCUT2D eigenvalue weighted by atomic mass is 10.2. The molecular formula is C19H21Cl3N2O3S. The van der Waals surface area contributed by atoms with E-state index in [1.54, 1.807) is 23.1 Å². The maximum Gasteiger partial charge on any atom is 0.243 e. The van der Waals surface area contributed by atoms with Crippen molar-refractivity contribution in [3.8, 4) is 0 Å². The minimum absolute atomic E-state index is 0.0347. The summed E-state index contributed by atoms with van der Waals surface area (Å²) in [5, 5.41) is 1.08. The minimum Gasteiger partial charge on any atom is -0.342 e. The van der Waals surface area contributed by atoms with Crippen LogP contribution in [0.25, 0.3) is 0 Å². The SMILES string of the molecule is CCN(CC)C(=O)CN(Cc1c(Cl)cccc1Cl)S(=O)(=O)c1ccc(Cl)cc1. The van der Waals surface area contributed by atoms with Gasteiger partial charge in [0.25, 0.3) is 0 Å². The second-order valence-corrected chi connectivity index (χ2v) is 9.18. The standard InChI is InChI=1S/C19H21Cl3N2O3S/c1-3-23(4-2)19(25)13-24(12-16-17(21)6-5-7-18(16)22)28(26,27)15-10-8-14(20)9-11-15/h5-11H,3-4,12-13H2,1-2H3. The summed E-state index contributed by atoms with van der Waals surface area (Å²) in [5.41, 5.74) is 0.440. The summed E-state index contributed by atoms with van der Waals surface area (Å²) in [5.74, 6) is -0.300. The molecule has 152 valence electrons. The normalized spacial score (nSPS) is 11.6. The molecular weight excluding hydrogens is 443 g/mol. The summed E-state index contributed by atoms with van der Waals surface area (Å²) in [6, 6.07) is 10.7. The minimum atomic E-state index is -3.98. The highest BCUT2D eigenvalue weighted by Gasteiger charge is 2.29. The maximum atomic E-state index is 13.2. The summed E-state index contributed by atoms with van der Waals surface area (Å²) in [6.07, 6.45) is 0. The molecule has 0 aliphatic rings. The zero-order valence-corrected chi connectivity index (χ0v) is 18.6. The van der Waals surface area contributed by atoms with Crippen molar-refractivity contribution in [2.75, 3.05) is 19.6 Å². The molecule has 2 aromatic carbocycles. The van der Waals surface area contributed by atoms with Crippen molar-refractivity contribution >= 4 is 50.7 Å². The fourth-order valence-corrected chi connectivity index (χ4v) is 4.67. The van der Waals surface area contributed by atoms with Crippen LogP contribution in [-0.2, 0) is 21.4 Å². The highest BCUT2D eigenvalue weighted by Crippen LogP contribution is 2.28. The third-order valence-electron chi connectivity index (χ3n) is 4.28. The number of rotatable bonds is 8. The molecule has 0 saturated carbocycles. The molecule has 0 radical (unpaired) electrons. The van der Waals surface area contributed by atoms with E-state index in [9.17, 15) is 13.2 Å². The van der Waals surface area contributed by atoms with Crippen LogP contribution in [0.15, 0.2) is 47.4 Å². The van der Waals surface area contributed by atoms with Crippen LogP contribution in [-0.4, -0.2) is 43.2 Å². The Hall–Kier alpha value is -1.31. The van der Waals surface area contributed by atoms with Gasteiger partial charge in [0.05, 0.1) is 11.4 Å². The Morgan fingerprint density at radius 1 is 0.929 bits per heavy atom. The van der Waals surface area contributed by atoms with E-state index >= 15 is 0 Å². The molecule has 0 aliphatic heterocycles. The Morgan fingerprint density at radius 2 is 1.46 bits per heavy atom. The maximum absolute atomic E-state index is 13.2. The van der Waals surface area contributed by atoms with Crippen LogP contribution in [0.3, 0.4) is 0 Å². The predicted molar refractivity (Wildman–Crippen MR) is 113 cm³/mol. The molecule has 0 N–H and O–H groups in total. The molecule has 1 amide bonds. The summed E-state index contributed by atoms with van der Waals surface area (Å²) in [7, 11) is -3.98. The lowest BCUT2D eigenvalue weighted by molar-refractivity contribution is -0.131. The number of carbonyl (C=O) groups is 1. The fourth-order valence-electron chi connectivity index (χ4n) is 2.67. The highest BCUT2D eigenvalue weighted by molar-refractivity contribution is 7.89. The Bertz CT molecular complexity index is 910. The lowest BCUT2D eigenvalue weighted by Gasteiger charge is -2.26. The van der Waals surface area contributed by atoms with Crippen molar-refractivity contribution in [2.24, 2.45) is 0 Å². The topological polar surface area (TPSA) is 57.7 Å². The van der Waals surface area contributed by atoms with E-state index in [0.29, 0.717) is 33.7 Å². The lowest BCUT2D eigenvalue weighted by Crippen LogP contribution is -2.42. The molecule has 0 spiro atoms. The number of halogens is 3. The second-order valence-electron chi connectivity index (χ2n) is 5.99. The van der Waals surface area contributed by atoms with E-state index in [0.717, 1.165) is 4.31 Å². The molecule has 28 heavy (non-hydrogen) atoms. The Balaban J connectivity index is 2.46. The first-order valence-corrected chi connectivity index (χ1v) is 11.2. The van der Waals surface area contributed by atoms with Crippen LogP contribution in [0.4, 0.5) is 0 Å². The van der Waals surface area contributed by atoms with E-state index in [4.69, 9.17) is 34.8 Å². The van der Waals surface area contributed by atoms with E-state index < -0.39 is 10.0 Å². The quantitative estimate of drug-likeness (QED) is 0.570. The molecule has 2 rings (SSSR count). The summed E-state index contributed by atoms with van der Waals surface area (Å²) in [4.78, 5) is 14.2. The predicted octanol–water partition coefficient (Wildman–Crippen LogP) is 4.71. The van der Waals surface area contributed by atoms with E-state index in [-0.39, 0.29) is 23.9 Å².